The van der Waals surface area contributed by atoms with E-state index in [9.17, 15) is 14.7 Å². The summed E-state index contributed by atoms with van der Waals surface area (Å²) in [4.78, 5) is 49.7. The quantitative estimate of drug-likeness (QED) is 0.109. The molecular weight excluding hydrogens is 686 g/mol. The molecule has 1 spiro atoms. The van der Waals surface area contributed by atoms with Crippen LogP contribution < -0.4 is 4.90 Å². The molecule has 3 unspecified atom stereocenters. The van der Waals surface area contributed by atoms with Crippen LogP contribution in [0.2, 0.25) is 0 Å². The minimum Gasteiger partial charge on any atom is -0.396 e. The predicted molar refractivity (Wildman–Crippen MR) is 198 cm³/mol. The van der Waals surface area contributed by atoms with Gasteiger partial charge in [-0.1, -0.05) is 102 Å². The van der Waals surface area contributed by atoms with E-state index in [0.29, 0.717) is 39.0 Å². The number of hydrogen-bond acceptors (Lipinski definition) is 5. The molecular formula is C39H44BrN3O4S. The average Bonchev–Trinajstić information content (AvgIpc) is 3.69. The van der Waals surface area contributed by atoms with Gasteiger partial charge in [-0.05, 0) is 47.7 Å². The number of likely N-dealkylation sites (tertiary alicyclic amines) is 1. The third-order valence-corrected chi connectivity index (χ3v) is 13.3. The van der Waals surface area contributed by atoms with Gasteiger partial charge in [0.1, 0.15) is 6.04 Å². The standard InChI is InChI=1S/C39H44BrN3O4S/c1-3-20-41(26-27-14-8-7-9-15-27)36(45)32-33-37(46)43(22-12-5-6-13-23-44)35(39(33)25-31(40)34(32)48-39)38(47)42(21-4-2)30-19-18-28-16-10-11-17-29(28)24-30/h3-4,7-11,14-19,24,31-35,44H,1-2,5-6,12-13,20-23,25-26H2/t31?,32-,33+,34-,35?,39?/m1/s1. The van der Waals surface area contributed by atoms with Crippen LogP contribution in [0.15, 0.2) is 98.1 Å². The molecule has 3 aliphatic heterocycles. The lowest BCUT2D eigenvalue weighted by atomic mass is 9.70. The number of fused-ring (bicyclic) bond motifs is 2. The summed E-state index contributed by atoms with van der Waals surface area (Å²) >= 11 is 5.59. The Morgan fingerprint density at radius 3 is 2.38 bits per heavy atom. The van der Waals surface area contributed by atoms with Gasteiger partial charge in [-0.15, -0.1) is 24.9 Å². The van der Waals surface area contributed by atoms with Crippen LogP contribution in [-0.2, 0) is 20.9 Å². The van der Waals surface area contributed by atoms with Crippen LogP contribution in [0.3, 0.4) is 0 Å². The Balaban J connectivity index is 1.38. The van der Waals surface area contributed by atoms with E-state index < -0.39 is 22.6 Å². The highest BCUT2D eigenvalue weighted by Crippen LogP contribution is 2.68. The summed E-state index contributed by atoms with van der Waals surface area (Å²) in [6, 6.07) is 23.2. The molecule has 3 fully saturated rings. The van der Waals surface area contributed by atoms with Crippen molar-refractivity contribution in [3.8, 4) is 0 Å². The van der Waals surface area contributed by atoms with Crippen LogP contribution in [0, 0.1) is 11.8 Å². The van der Waals surface area contributed by atoms with Crippen LogP contribution in [0.1, 0.15) is 37.7 Å². The second-order valence-corrected chi connectivity index (χ2v) is 15.8. The van der Waals surface area contributed by atoms with Gasteiger partial charge in [-0.2, -0.15) is 0 Å². The van der Waals surface area contributed by atoms with Crippen molar-refractivity contribution in [1.29, 1.82) is 0 Å². The van der Waals surface area contributed by atoms with Gasteiger partial charge in [0.15, 0.2) is 0 Å². The first-order valence-corrected chi connectivity index (χ1v) is 18.7. The van der Waals surface area contributed by atoms with Crippen molar-refractivity contribution in [3.05, 3.63) is 104 Å². The third kappa shape index (κ3) is 6.37. The zero-order chi connectivity index (χ0) is 33.8. The van der Waals surface area contributed by atoms with Crippen LogP contribution in [-0.4, -0.2) is 79.7 Å². The topological polar surface area (TPSA) is 81.2 Å². The van der Waals surface area contributed by atoms with Crippen LogP contribution >= 0.6 is 27.7 Å². The molecule has 6 atom stereocenters. The van der Waals surface area contributed by atoms with Crippen LogP contribution in [0.25, 0.3) is 10.8 Å². The molecule has 6 rings (SSSR count). The van der Waals surface area contributed by atoms with Gasteiger partial charge in [0.25, 0.3) is 5.91 Å². The van der Waals surface area contributed by atoms with Crippen molar-refractivity contribution < 1.29 is 19.5 Å². The van der Waals surface area contributed by atoms with Crippen LogP contribution in [0.4, 0.5) is 5.69 Å². The first-order valence-electron chi connectivity index (χ1n) is 16.9. The van der Waals surface area contributed by atoms with E-state index in [1.165, 1.54) is 0 Å². The summed E-state index contributed by atoms with van der Waals surface area (Å²) in [6.45, 7) is 9.55. The molecule has 3 aromatic rings. The number of nitrogens with zero attached hydrogens (tertiary/aromatic N) is 3. The highest BCUT2D eigenvalue weighted by atomic mass is 79.9. The van der Waals surface area contributed by atoms with Crippen molar-refractivity contribution in [3.63, 3.8) is 0 Å². The maximum atomic E-state index is 15.1. The van der Waals surface area contributed by atoms with E-state index in [1.807, 2.05) is 77.7 Å². The molecule has 0 radical (unpaired) electrons. The zero-order valence-corrected chi connectivity index (χ0v) is 29.7. The number of carbonyl (C=O) groups is 3. The average molecular weight is 731 g/mol. The maximum absolute atomic E-state index is 15.1. The fourth-order valence-electron chi connectivity index (χ4n) is 8.03. The molecule has 3 aromatic carbocycles. The number of rotatable bonds is 15. The Labute approximate surface area is 296 Å². The largest absolute Gasteiger partial charge is 0.396 e. The van der Waals surface area contributed by atoms with Gasteiger partial charge in [-0.25, -0.2) is 0 Å². The number of hydrogen-bond donors (Lipinski definition) is 1. The second kappa shape index (κ2) is 15.0. The van der Waals surface area contributed by atoms with E-state index in [4.69, 9.17) is 0 Å². The van der Waals surface area contributed by atoms with Crippen molar-refractivity contribution >= 4 is 61.9 Å². The monoisotopic (exact) mass is 729 g/mol. The number of benzene rings is 3. The SMILES string of the molecule is C=CCN(Cc1ccccc1)C(=O)[C@H]1[C@@H]2SC3(CC2Br)C(C(=O)N(CC=C)c2ccc4ccccc4c2)N(CCCCCCO)C(=O)[C@H]13. The van der Waals surface area contributed by atoms with Crippen molar-refractivity contribution in [2.24, 2.45) is 11.8 Å². The Morgan fingerprint density at radius 1 is 0.938 bits per heavy atom. The second-order valence-electron chi connectivity index (χ2n) is 13.1. The van der Waals surface area contributed by atoms with Gasteiger partial charge in [0.05, 0.1) is 16.6 Å². The molecule has 3 heterocycles. The molecule has 7 nitrogen and oxygen atoms in total. The molecule has 252 valence electrons. The van der Waals surface area contributed by atoms with Crippen molar-refractivity contribution in [2.75, 3.05) is 31.1 Å². The molecule has 9 heteroatoms. The summed E-state index contributed by atoms with van der Waals surface area (Å²) in [5, 5.41) is 11.3. The number of amides is 3. The number of alkyl halides is 1. The van der Waals surface area contributed by atoms with E-state index >= 15 is 4.79 Å². The van der Waals surface area contributed by atoms with Gasteiger partial charge in [0, 0.05) is 48.6 Å². The highest BCUT2D eigenvalue weighted by Gasteiger charge is 2.76. The fraction of sp³-hybridized carbons (Fsp3) is 0.410. The minimum atomic E-state index is -0.749. The molecule has 1 N–H and O–H groups in total. The first kappa shape index (κ1) is 34.5. The number of carbonyl (C=O) groups excluding carboxylic acids is 3. The third-order valence-electron chi connectivity index (χ3n) is 10.1. The molecule has 3 amide bonds. The molecule has 0 saturated carbocycles. The van der Waals surface area contributed by atoms with Gasteiger partial charge >= 0.3 is 0 Å². The lowest BCUT2D eigenvalue weighted by Gasteiger charge is -2.38. The van der Waals surface area contributed by atoms with E-state index in [-0.39, 0.29) is 34.4 Å². The summed E-state index contributed by atoms with van der Waals surface area (Å²) < 4.78 is -0.749. The Bertz CT molecular complexity index is 1670. The van der Waals surface area contributed by atoms with Gasteiger partial charge in [0.2, 0.25) is 11.8 Å². The maximum Gasteiger partial charge on any atom is 0.251 e. The summed E-state index contributed by atoms with van der Waals surface area (Å²) in [5.74, 6) is -1.46. The number of aliphatic hydroxyl groups is 1. The highest BCUT2D eigenvalue weighted by molar-refractivity contribution is 9.09. The zero-order valence-electron chi connectivity index (χ0n) is 27.3. The predicted octanol–water partition coefficient (Wildman–Crippen LogP) is 6.59. The van der Waals surface area contributed by atoms with Crippen molar-refractivity contribution in [2.45, 2.75) is 59.5 Å². The minimum absolute atomic E-state index is 0.0175. The number of thioether (sulfide) groups is 1. The van der Waals surface area contributed by atoms with Gasteiger partial charge in [-0.3, -0.25) is 14.4 Å². The number of halogens is 1. The molecule has 48 heavy (non-hydrogen) atoms. The number of aliphatic hydroxyl groups excluding tert-OH is 1. The lowest BCUT2D eigenvalue weighted by molar-refractivity contribution is -0.144. The Morgan fingerprint density at radius 2 is 1.65 bits per heavy atom. The summed E-state index contributed by atoms with van der Waals surface area (Å²) in [6.07, 6.45) is 7.21. The smallest absolute Gasteiger partial charge is 0.251 e. The fourth-order valence-corrected chi connectivity index (χ4v) is 11.6. The molecule has 3 aliphatic rings. The van der Waals surface area contributed by atoms with Crippen LogP contribution in [0.5, 0.6) is 0 Å². The van der Waals surface area contributed by atoms with E-state index in [0.717, 1.165) is 41.3 Å². The molecule has 0 aromatic heterocycles. The first-order chi connectivity index (χ1) is 23.3. The van der Waals surface area contributed by atoms with E-state index in [2.05, 4.69) is 29.1 Å². The Hall–Kier alpha value is -3.40. The number of unbranched alkanes of at least 4 members (excludes halogenated alkanes) is 3. The molecule has 2 bridgehead atoms. The normalized spacial score (nSPS) is 25.7. The number of anilines is 1. The summed E-state index contributed by atoms with van der Waals surface area (Å²) in [5.41, 5.74) is 1.77. The van der Waals surface area contributed by atoms with Gasteiger partial charge < -0.3 is 19.8 Å². The molecule has 3 saturated heterocycles. The van der Waals surface area contributed by atoms with E-state index in [1.54, 1.807) is 33.7 Å². The molecule has 0 aliphatic carbocycles. The summed E-state index contributed by atoms with van der Waals surface area (Å²) in [7, 11) is 0. The lowest BCUT2D eigenvalue weighted by Crippen LogP contribution is -2.56. The van der Waals surface area contributed by atoms with Crippen molar-refractivity contribution in [1.82, 2.24) is 9.80 Å². The Kier molecular flexibility index (Phi) is 10.8.